The smallest absolute Gasteiger partial charge is 0.252 e. The van der Waals surface area contributed by atoms with Crippen LogP contribution in [0.1, 0.15) is 26.5 Å². The van der Waals surface area contributed by atoms with Gasteiger partial charge in [0.05, 0.1) is 5.69 Å². The van der Waals surface area contributed by atoms with Crippen molar-refractivity contribution in [3.8, 4) is 5.95 Å². The molecule has 0 fully saturated rings. The van der Waals surface area contributed by atoms with Crippen LogP contribution >= 0.6 is 11.6 Å². The van der Waals surface area contributed by atoms with Crippen LogP contribution in [0.2, 0.25) is 5.02 Å². The number of nitrogens with two attached hydrogens (primary N) is 1. The molecule has 0 radical (unpaired) electrons. The molecule has 0 bridgehead atoms. The summed E-state index contributed by atoms with van der Waals surface area (Å²) in [5.74, 6) is 0.783. The molecule has 0 unspecified atom stereocenters. The number of nitrogens with zero attached hydrogens (tertiary/aromatic N) is 4. The predicted octanol–water partition coefficient (Wildman–Crippen LogP) is 2.20. The van der Waals surface area contributed by atoms with Crippen molar-refractivity contribution in [1.29, 1.82) is 0 Å². The van der Waals surface area contributed by atoms with Crippen molar-refractivity contribution in [3.05, 3.63) is 29.2 Å². The lowest BCUT2D eigenvalue weighted by Crippen LogP contribution is -2.13. The molecule has 0 saturated heterocycles. The van der Waals surface area contributed by atoms with Crippen LogP contribution in [0, 0.1) is 0 Å². The molecule has 0 aromatic carbocycles. The summed E-state index contributed by atoms with van der Waals surface area (Å²) in [7, 11) is 0. The summed E-state index contributed by atoms with van der Waals surface area (Å²) in [5.41, 5.74) is 6.49. The second-order valence-corrected chi connectivity index (χ2v) is 5.14. The highest BCUT2D eigenvalue weighted by molar-refractivity contribution is 6.33. The lowest BCUT2D eigenvalue weighted by molar-refractivity contribution is 0.558. The molecule has 0 spiro atoms. The number of halogens is 1. The molecule has 0 amide bonds. The Hall–Kier alpha value is -1.62. The van der Waals surface area contributed by atoms with Gasteiger partial charge in [0.2, 0.25) is 0 Å². The second kappa shape index (κ2) is 4.00. The Bertz CT molecular complexity index is 527. The molecule has 6 heteroatoms. The Balaban J connectivity index is 2.59. The quantitative estimate of drug-likeness (QED) is 0.844. The summed E-state index contributed by atoms with van der Waals surface area (Å²) in [6.07, 6.45) is 3.27. The minimum atomic E-state index is -0.175. The first-order valence-corrected chi connectivity index (χ1v) is 5.61. The van der Waals surface area contributed by atoms with Gasteiger partial charge >= 0.3 is 0 Å². The fourth-order valence-electron chi connectivity index (χ4n) is 1.44. The van der Waals surface area contributed by atoms with Gasteiger partial charge in [-0.15, -0.1) is 0 Å². The zero-order valence-corrected chi connectivity index (χ0v) is 10.7. The second-order valence-electron chi connectivity index (χ2n) is 4.76. The molecule has 90 valence electrons. The SMILES string of the molecule is CC(C)(C)c1nn(-c2ncccn2)c(N)c1Cl. The maximum Gasteiger partial charge on any atom is 0.252 e. The molecule has 2 N–H and O–H groups in total. The molecule has 2 aromatic heterocycles. The highest BCUT2D eigenvalue weighted by atomic mass is 35.5. The van der Waals surface area contributed by atoms with Crippen molar-refractivity contribution in [1.82, 2.24) is 19.7 Å². The highest BCUT2D eigenvalue weighted by Gasteiger charge is 2.25. The first kappa shape index (κ1) is 11.9. The molecular weight excluding hydrogens is 238 g/mol. The van der Waals surface area contributed by atoms with Crippen LogP contribution < -0.4 is 5.73 Å². The van der Waals surface area contributed by atoms with Gasteiger partial charge in [-0.25, -0.2) is 9.97 Å². The van der Waals surface area contributed by atoms with Crippen LogP contribution in [0.3, 0.4) is 0 Å². The fraction of sp³-hybridized carbons (Fsp3) is 0.364. The highest BCUT2D eigenvalue weighted by Crippen LogP contribution is 2.33. The molecule has 2 heterocycles. The van der Waals surface area contributed by atoms with Gasteiger partial charge in [0.25, 0.3) is 5.95 Å². The lowest BCUT2D eigenvalue weighted by Gasteiger charge is -2.14. The Morgan fingerprint density at radius 3 is 2.29 bits per heavy atom. The Labute approximate surface area is 105 Å². The number of rotatable bonds is 1. The van der Waals surface area contributed by atoms with Crippen LogP contribution in [0.15, 0.2) is 18.5 Å². The number of nitrogen functional groups attached to an aromatic ring is 1. The van der Waals surface area contributed by atoms with Gasteiger partial charge in [0.15, 0.2) is 0 Å². The maximum absolute atomic E-state index is 6.18. The van der Waals surface area contributed by atoms with Crippen molar-refractivity contribution < 1.29 is 0 Å². The van der Waals surface area contributed by atoms with Crippen LogP contribution in [-0.4, -0.2) is 19.7 Å². The third-order valence-corrected chi connectivity index (χ3v) is 2.69. The molecule has 0 saturated carbocycles. The van der Waals surface area contributed by atoms with Crippen LogP contribution in [0.4, 0.5) is 5.82 Å². The zero-order chi connectivity index (χ0) is 12.6. The van der Waals surface area contributed by atoms with Crippen LogP contribution in [0.25, 0.3) is 5.95 Å². The van der Waals surface area contributed by atoms with Crippen molar-refractivity contribution in [2.24, 2.45) is 0 Å². The number of hydrogen-bond acceptors (Lipinski definition) is 4. The molecule has 0 aliphatic heterocycles. The van der Waals surface area contributed by atoms with E-state index in [-0.39, 0.29) is 5.41 Å². The first-order valence-electron chi connectivity index (χ1n) is 5.23. The van der Waals surface area contributed by atoms with Crippen LogP contribution in [-0.2, 0) is 5.41 Å². The fourth-order valence-corrected chi connectivity index (χ4v) is 1.85. The predicted molar refractivity (Wildman–Crippen MR) is 67.3 cm³/mol. The molecule has 2 aromatic rings. The van der Waals surface area contributed by atoms with E-state index in [2.05, 4.69) is 15.1 Å². The molecule has 2 rings (SSSR count). The minimum Gasteiger partial charge on any atom is -0.382 e. The van der Waals surface area contributed by atoms with Crippen LogP contribution in [0.5, 0.6) is 0 Å². The van der Waals surface area contributed by atoms with E-state index in [1.165, 1.54) is 4.68 Å². The number of anilines is 1. The van der Waals surface area contributed by atoms with E-state index in [4.69, 9.17) is 17.3 Å². The standard InChI is InChI=1S/C11H14ClN5/c1-11(2,3)8-7(12)9(13)17(16-8)10-14-5-4-6-15-10/h4-6H,13H2,1-3H3. The van der Waals surface area contributed by atoms with Gasteiger partial charge < -0.3 is 5.73 Å². The molecule has 5 nitrogen and oxygen atoms in total. The van der Waals surface area contributed by atoms with Gasteiger partial charge in [0, 0.05) is 17.8 Å². The third kappa shape index (κ3) is 2.10. The summed E-state index contributed by atoms with van der Waals surface area (Å²) in [6.45, 7) is 6.07. The van der Waals surface area contributed by atoms with E-state index in [0.717, 1.165) is 5.69 Å². The Kier molecular flexibility index (Phi) is 2.79. The molecule has 0 aliphatic rings. The maximum atomic E-state index is 6.18. The van der Waals surface area contributed by atoms with Gasteiger partial charge in [-0.1, -0.05) is 32.4 Å². The summed E-state index contributed by atoms with van der Waals surface area (Å²) in [4.78, 5) is 8.19. The topological polar surface area (TPSA) is 69.6 Å². The zero-order valence-electron chi connectivity index (χ0n) is 9.98. The first-order chi connectivity index (χ1) is 7.91. The largest absolute Gasteiger partial charge is 0.382 e. The summed E-state index contributed by atoms with van der Waals surface area (Å²) in [5, 5.41) is 4.85. The van der Waals surface area contributed by atoms with E-state index < -0.39 is 0 Å². The van der Waals surface area contributed by atoms with E-state index in [1.807, 2.05) is 20.8 Å². The minimum absolute atomic E-state index is 0.175. The summed E-state index contributed by atoms with van der Waals surface area (Å²) >= 11 is 6.18. The van der Waals surface area contributed by atoms with Crippen molar-refractivity contribution in [3.63, 3.8) is 0 Å². The van der Waals surface area contributed by atoms with E-state index in [1.54, 1.807) is 18.5 Å². The monoisotopic (exact) mass is 251 g/mol. The normalized spacial score (nSPS) is 11.8. The third-order valence-electron chi connectivity index (χ3n) is 2.31. The van der Waals surface area contributed by atoms with E-state index in [0.29, 0.717) is 16.8 Å². The molecule has 0 aliphatic carbocycles. The molecule has 17 heavy (non-hydrogen) atoms. The van der Waals surface area contributed by atoms with Gasteiger partial charge in [-0.05, 0) is 6.07 Å². The molecular formula is C11H14ClN5. The van der Waals surface area contributed by atoms with E-state index >= 15 is 0 Å². The Morgan fingerprint density at radius 1 is 1.24 bits per heavy atom. The van der Waals surface area contributed by atoms with Gasteiger partial charge in [-0.2, -0.15) is 9.78 Å². The Morgan fingerprint density at radius 2 is 1.82 bits per heavy atom. The molecule has 0 atom stereocenters. The number of aromatic nitrogens is 4. The van der Waals surface area contributed by atoms with Crippen molar-refractivity contribution in [2.45, 2.75) is 26.2 Å². The van der Waals surface area contributed by atoms with Crippen molar-refractivity contribution in [2.75, 3.05) is 5.73 Å². The van der Waals surface area contributed by atoms with Gasteiger partial charge in [0.1, 0.15) is 10.8 Å². The summed E-state index contributed by atoms with van der Waals surface area (Å²) in [6, 6.07) is 1.73. The lowest BCUT2D eigenvalue weighted by atomic mass is 9.92. The van der Waals surface area contributed by atoms with Crippen molar-refractivity contribution >= 4 is 17.4 Å². The number of hydrogen-bond donors (Lipinski definition) is 1. The average Bonchev–Trinajstić information content (AvgIpc) is 2.57. The summed E-state index contributed by atoms with van der Waals surface area (Å²) < 4.78 is 1.46. The van der Waals surface area contributed by atoms with E-state index in [9.17, 15) is 0 Å². The average molecular weight is 252 g/mol. The van der Waals surface area contributed by atoms with Gasteiger partial charge in [-0.3, -0.25) is 0 Å².